The average Bonchev–Trinajstić information content (AvgIpc) is 2.45. The Labute approximate surface area is 105 Å². The molecular weight excluding hydrogens is 242 g/mol. The molecule has 1 aliphatic heterocycles. The minimum absolute atomic E-state index is 0.160. The van der Waals surface area contributed by atoms with Crippen molar-refractivity contribution in [1.29, 1.82) is 0 Å². The highest BCUT2D eigenvalue weighted by molar-refractivity contribution is 8.00. The molecule has 1 rings (SSSR count). The fourth-order valence-electron chi connectivity index (χ4n) is 1.73. The van der Waals surface area contributed by atoms with E-state index >= 15 is 0 Å². The maximum absolute atomic E-state index is 11.7. The minimum atomic E-state index is -1.20. The maximum Gasteiger partial charge on any atom is 0.408 e. The lowest BCUT2D eigenvalue weighted by Gasteiger charge is -2.30. The van der Waals surface area contributed by atoms with E-state index in [1.54, 1.807) is 32.5 Å². The van der Waals surface area contributed by atoms with Crippen LogP contribution in [-0.2, 0) is 9.53 Å². The van der Waals surface area contributed by atoms with Gasteiger partial charge in [0.25, 0.3) is 0 Å². The molecule has 0 aromatic heterocycles. The number of carbonyl (C=O) groups is 2. The molecule has 1 saturated heterocycles. The van der Waals surface area contributed by atoms with Crippen LogP contribution in [0.1, 0.15) is 34.1 Å². The zero-order valence-corrected chi connectivity index (χ0v) is 11.4. The van der Waals surface area contributed by atoms with Crippen molar-refractivity contribution in [3.8, 4) is 0 Å². The summed E-state index contributed by atoms with van der Waals surface area (Å²) < 4.78 is 5.10. The van der Waals surface area contributed by atoms with Gasteiger partial charge in [-0.3, -0.25) is 0 Å². The molecule has 1 fully saturated rings. The number of alkyl carbamates (subject to hydrolysis) is 1. The summed E-state index contributed by atoms with van der Waals surface area (Å²) in [5.41, 5.74) is -1.83. The van der Waals surface area contributed by atoms with Crippen LogP contribution in [0.25, 0.3) is 0 Å². The second-order valence-corrected chi connectivity index (χ2v) is 6.62. The average molecular weight is 261 g/mol. The van der Waals surface area contributed by atoms with Crippen molar-refractivity contribution in [1.82, 2.24) is 5.32 Å². The highest BCUT2D eigenvalue weighted by atomic mass is 32.2. The fourth-order valence-corrected chi connectivity index (χ4v) is 3.08. The van der Waals surface area contributed by atoms with Crippen LogP contribution in [-0.4, -0.2) is 39.3 Å². The molecule has 1 heterocycles. The number of rotatable bonds is 2. The summed E-state index contributed by atoms with van der Waals surface area (Å²) in [6.07, 6.45) is -0.248. The molecule has 6 heteroatoms. The maximum atomic E-state index is 11.7. The fraction of sp³-hybridized carbons (Fsp3) is 0.818. The van der Waals surface area contributed by atoms with Crippen molar-refractivity contribution < 1.29 is 19.4 Å². The van der Waals surface area contributed by atoms with Crippen molar-refractivity contribution in [3.63, 3.8) is 0 Å². The van der Waals surface area contributed by atoms with Gasteiger partial charge in [0.1, 0.15) is 5.60 Å². The number of carboxylic acid groups (broad SMARTS) is 1. The van der Waals surface area contributed by atoms with Gasteiger partial charge < -0.3 is 15.2 Å². The monoisotopic (exact) mass is 261 g/mol. The first-order valence-electron chi connectivity index (χ1n) is 5.53. The van der Waals surface area contributed by atoms with E-state index in [0.29, 0.717) is 6.42 Å². The van der Waals surface area contributed by atoms with Gasteiger partial charge in [0.2, 0.25) is 0 Å². The molecule has 1 aliphatic rings. The lowest BCUT2D eigenvalue weighted by atomic mass is 9.93. The van der Waals surface area contributed by atoms with Crippen LogP contribution >= 0.6 is 11.8 Å². The quantitative estimate of drug-likeness (QED) is 0.793. The SMILES string of the molecule is C[C@H]1SCC[C@]1(NC(=O)OC(C)(C)C)C(=O)O. The summed E-state index contributed by atoms with van der Waals surface area (Å²) in [6, 6.07) is 0. The van der Waals surface area contributed by atoms with Gasteiger partial charge in [-0.1, -0.05) is 6.92 Å². The van der Waals surface area contributed by atoms with Crippen molar-refractivity contribution in [2.75, 3.05) is 5.75 Å². The summed E-state index contributed by atoms with van der Waals surface area (Å²) in [5, 5.41) is 11.7. The lowest BCUT2D eigenvalue weighted by Crippen LogP contribution is -2.58. The van der Waals surface area contributed by atoms with Gasteiger partial charge in [-0.15, -0.1) is 0 Å². The number of ether oxygens (including phenoxy) is 1. The van der Waals surface area contributed by atoms with Gasteiger partial charge in [-0.2, -0.15) is 11.8 Å². The van der Waals surface area contributed by atoms with E-state index in [9.17, 15) is 14.7 Å². The standard InChI is InChI=1S/C11H19NO4S/c1-7-11(8(13)14,5-6-17-7)12-9(15)16-10(2,3)4/h7H,5-6H2,1-4H3,(H,12,15)(H,13,14)/t7-,11-/m1/s1. The Hall–Kier alpha value is -0.910. The number of carboxylic acids is 1. The molecule has 0 unspecified atom stereocenters. The van der Waals surface area contributed by atoms with Crippen LogP contribution in [0.3, 0.4) is 0 Å². The summed E-state index contributed by atoms with van der Waals surface area (Å²) in [4.78, 5) is 23.0. The molecule has 2 atom stereocenters. The molecule has 0 saturated carbocycles. The number of hydrogen-bond donors (Lipinski definition) is 2. The third-order valence-corrected chi connectivity index (χ3v) is 4.01. The molecule has 17 heavy (non-hydrogen) atoms. The van der Waals surface area contributed by atoms with Crippen LogP contribution in [0.5, 0.6) is 0 Å². The van der Waals surface area contributed by atoms with Crippen LogP contribution in [0.15, 0.2) is 0 Å². The molecular formula is C11H19NO4S. The number of amides is 1. The van der Waals surface area contributed by atoms with Crippen molar-refractivity contribution in [2.45, 2.75) is 50.5 Å². The van der Waals surface area contributed by atoms with Gasteiger partial charge in [0.15, 0.2) is 5.54 Å². The first kappa shape index (κ1) is 14.2. The number of carbonyl (C=O) groups excluding carboxylic acids is 1. The normalized spacial score (nSPS) is 28.8. The Kier molecular flexibility index (Phi) is 3.96. The zero-order valence-electron chi connectivity index (χ0n) is 10.6. The van der Waals surface area contributed by atoms with E-state index < -0.39 is 23.2 Å². The first-order chi connectivity index (χ1) is 7.67. The molecule has 0 spiro atoms. The second-order valence-electron chi connectivity index (χ2n) is 5.17. The Bertz CT molecular complexity index is 326. The van der Waals surface area contributed by atoms with E-state index in [0.717, 1.165) is 5.75 Å². The van der Waals surface area contributed by atoms with E-state index in [1.165, 1.54) is 0 Å². The Balaban J connectivity index is 2.75. The molecule has 98 valence electrons. The summed E-state index contributed by atoms with van der Waals surface area (Å²) >= 11 is 1.54. The summed E-state index contributed by atoms with van der Waals surface area (Å²) in [6.45, 7) is 7.04. The second kappa shape index (κ2) is 4.76. The van der Waals surface area contributed by atoms with Gasteiger partial charge in [0, 0.05) is 5.25 Å². The zero-order chi connectivity index (χ0) is 13.3. The molecule has 0 aliphatic carbocycles. The number of thioether (sulfide) groups is 1. The largest absolute Gasteiger partial charge is 0.479 e. The van der Waals surface area contributed by atoms with Crippen LogP contribution in [0.4, 0.5) is 4.79 Å². The lowest BCUT2D eigenvalue weighted by molar-refractivity contribution is -0.144. The minimum Gasteiger partial charge on any atom is -0.479 e. The molecule has 0 radical (unpaired) electrons. The number of aliphatic carboxylic acids is 1. The molecule has 5 nitrogen and oxygen atoms in total. The Morgan fingerprint density at radius 1 is 1.47 bits per heavy atom. The Morgan fingerprint density at radius 3 is 2.41 bits per heavy atom. The smallest absolute Gasteiger partial charge is 0.408 e. The summed E-state index contributed by atoms with van der Waals surface area (Å²) in [5.74, 6) is -0.274. The molecule has 0 aromatic rings. The predicted octanol–water partition coefficient (Wildman–Crippen LogP) is 1.86. The van der Waals surface area contributed by atoms with E-state index in [4.69, 9.17) is 4.74 Å². The molecule has 0 bridgehead atoms. The third kappa shape index (κ3) is 3.28. The van der Waals surface area contributed by atoms with Crippen LogP contribution < -0.4 is 5.32 Å². The number of nitrogens with one attached hydrogen (secondary N) is 1. The highest BCUT2D eigenvalue weighted by Crippen LogP contribution is 2.36. The van der Waals surface area contributed by atoms with Crippen LogP contribution in [0.2, 0.25) is 0 Å². The van der Waals surface area contributed by atoms with Crippen molar-refractivity contribution >= 4 is 23.8 Å². The topological polar surface area (TPSA) is 75.6 Å². The third-order valence-electron chi connectivity index (χ3n) is 2.66. The highest BCUT2D eigenvalue weighted by Gasteiger charge is 2.49. The van der Waals surface area contributed by atoms with E-state index in [2.05, 4.69) is 5.32 Å². The predicted molar refractivity (Wildman–Crippen MR) is 66.3 cm³/mol. The van der Waals surface area contributed by atoms with Crippen molar-refractivity contribution in [2.24, 2.45) is 0 Å². The van der Waals surface area contributed by atoms with Gasteiger partial charge in [-0.05, 0) is 32.9 Å². The Morgan fingerprint density at radius 2 is 2.06 bits per heavy atom. The molecule has 0 aromatic carbocycles. The van der Waals surface area contributed by atoms with Crippen molar-refractivity contribution in [3.05, 3.63) is 0 Å². The van der Waals surface area contributed by atoms with Gasteiger partial charge >= 0.3 is 12.1 Å². The van der Waals surface area contributed by atoms with Gasteiger partial charge in [-0.25, -0.2) is 9.59 Å². The summed E-state index contributed by atoms with van der Waals surface area (Å²) in [7, 11) is 0. The van der Waals surface area contributed by atoms with E-state index in [-0.39, 0.29) is 5.25 Å². The van der Waals surface area contributed by atoms with E-state index in [1.807, 2.05) is 6.92 Å². The molecule has 1 amide bonds. The van der Waals surface area contributed by atoms with Gasteiger partial charge in [0.05, 0.1) is 0 Å². The number of hydrogen-bond acceptors (Lipinski definition) is 4. The van der Waals surface area contributed by atoms with Crippen LogP contribution in [0, 0.1) is 0 Å². The molecule has 2 N–H and O–H groups in total. The first-order valence-corrected chi connectivity index (χ1v) is 6.58.